The van der Waals surface area contributed by atoms with Crippen LogP contribution in [0.3, 0.4) is 0 Å². The molecule has 0 bridgehead atoms. The molecule has 2 rings (SSSR count). The lowest BCUT2D eigenvalue weighted by Crippen LogP contribution is -1.81. The Morgan fingerprint density at radius 2 is 2.21 bits per heavy atom. The van der Waals surface area contributed by atoms with Crippen LogP contribution < -0.4 is 0 Å². The summed E-state index contributed by atoms with van der Waals surface area (Å²) in [5, 5.41) is 2.08. The quantitative estimate of drug-likeness (QED) is 0.778. The fraction of sp³-hybridized carbons (Fsp3) is 0.333. The van der Waals surface area contributed by atoms with Gasteiger partial charge in [-0.1, -0.05) is 24.9 Å². The van der Waals surface area contributed by atoms with Gasteiger partial charge in [-0.25, -0.2) is 0 Å². The summed E-state index contributed by atoms with van der Waals surface area (Å²) in [6, 6.07) is 6.00. The minimum Gasteiger partial charge on any atom is -0.361 e. The fourth-order valence-corrected chi connectivity index (χ4v) is 1.90. The average Bonchev–Trinajstić information content (AvgIpc) is 2.57. The molecule has 2 heteroatoms. The molecule has 14 heavy (non-hydrogen) atoms. The molecule has 0 radical (unpaired) electrons. The standard InChI is InChI=1S/C12H14ClN/c1-2-3-4-9-8-14-12-6-5-10(13)7-11(9)12/h5-8,14H,2-4H2,1H3. The minimum absolute atomic E-state index is 0.815. The van der Waals surface area contributed by atoms with E-state index in [4.69, 9.17) is 11.6 Å². The topological polar surface area (TPSA) is 15.8 Å². The van der Waals surface area contributed by atoms with E-state index >= 15 is 0 Å². The van der Waals surface area contributed by atoms with Crippen molar-refractivity contribution < 1.29 is 0 Å². The zero-order valence-electron chi connectivity index (χ0n) is 8.31. The molecule has 0 atom stereocenters. The van der Waals surface area contributed by atoms with E-state index in [0.29, 0.717) is 0 Å². The molecule has 0 aliphatic heterocycles. The Balaban J connectivity index is 2.40. The first-order chi connectivity index (χ1) is 6.81. The lowest BCUT2D eigenvalue weighted by Gasteiger charge is -1.97. The monoisotopic (exact) mass is 207 g/mol. The summed E-state index contributed by atoms with van der Waals surface area (Å²) in [6.07, 6.45) is 5.69. The van der Waals surface area contributed by atoms with Crippen LogP contribution >= 0.6 is 11.6 Å². The second-order valence-corrected chi connectivity index (χ2v) is 4.04. The van der Waals surface area contributed by atoms with E-state index < -0.39 is 0 Å². The molecule has 0 saturated carbocycles. The normalized spacial score (nSPS) is 11.0. The van der Waals surface area contributed by atoms with Crippen molar-refractivity contribution in [1.29, 1.82) is 0 Å². The number of aryl methyl sites for hydroxylation is 1. The van der Waals surface area contributed by atoms with Crippen LogP contribution in [0.1, 0.15) is 25.3 Å². The van der Waals surface area contributed by atoms with Gasteiger partial charge >= 0.3 is 0 Å². The number of aromatic nitrogens is 1. The molecule has 1 heterocycles. The van der Waals surface area contributed by atoms with Crippen LogP contribution in [-0.4, -0.2) is 4.98 Å². The number of rotatable bonds is 3. The molecule has 0 spiro atoms. The van der Waals surface area contributed by atoms with E-state index in [0.717, 1.165) is 11.4 Å². The molecule has 1 nitrogen and oxygen atoms in total. The Morgan fingerprint density at radius 1 is 1.36 bits per heavy atom. The van der Waals surface area contributed by atoms with E-state index in [1.807, 2.05) is 18.2 Å². The first kappa shape index (κ1) is 9.60. The predicted octanol–water partition coefficient (Wildman–Crippen LogP) is 4.16. The summed E-state index contributed by atoms with van der Waals surface area (Å²) in [7, 11) is 0. The molecule has 0 unspecified atom stereocenters. The van der Waals surface area contributed by atoms with E-state index in [2.05, 4.69) is 18.1 Å². The van der Waals surface area contributed by atoms with Crippen LogP contribution in [0.25, 0.3) is 10.9 Å². The van der Waals surface area contributed by atoms with Gasteiger partial charge in [-0.05, 0) is 36.6 Å². The Morgan fingerprint density at radius 3 is 3.00 bits per heavy atom. The second kappa shape index (κ2) is 4.05. The highest BCUT2D eigenvalue weighted by Gasteiger charge is 2.03. The smallest absolute Gasteiger partial charge is 0.0457 e. The minimum atomic E-state index is 0.815. The summed E-state index contributed by atoms with van der Waals surface area (Å²) in [6.45, 7) is 2.21. The first-order valence-corrected chi connectivity index (χ1v) is 5.44. The van der Waals surface area contributed by atoms with Crippen LogP contribution in [0.15, 0.2) is 24.4 Å². The number of hydrogen-bond donors (Lipinski definition) is 1. The summed E-state index contributed by atoms with van der Waals surface area (Å²) in [5.74, 6) is 0. The van der Waals surface area contributed by atoms with Gasteiger partial charge in [0.05, 0.1) is 0 Å². The van der Waals surface area contributed by atoms with Gasteiger partial charge in [-0.3, -0.25) is 0 Å². The number of hydrogen-bond acceptors (Lipinski definition) is 0. The molecular formula is C12H14ClN. The molecule has 0 aliphatic carbocycles. The highest BCUT2D eigenvalue weighted by atomic mass is 35.5. The molecular weight excluding hydrogens is 194 g/mol. The average molecular weight is 208 g/mol. The summed E-state index contributed by atoms with van der Waals surface area (Å²) in [5.41, 5.74) is 2.56. The third-order valence-electron chi connectivity index (χ3n) is 2.53. The first-order valence-electron chi connectivity index (χ1n) is 5.07. The Hall–Kier alpha value is -0.950. The largest absolute Gasteiger partial charge is 0.361 e. The van der Waals surface area contributed by atoms with Crippen molar-refractivity contribution >= 4 is 22.5 Å². The van der Waals surface area contributed by atoms with E-state index in [1.54, 1.807) is 0 Å². The summed E-state index contributed by atoms with van der Waals surface area (Å²) < 4.78 is 0. The SMILES string of the molecule is CCCCc1c[nH]c2ccc(Cl)cc12. The van der Waals surface area contributed by atoms with Crippen molar-refractivity contribution in [2.24, 2.45) is 0 Å². The van der Waals surface area contributed by atoms with E-state index in [9.17, 15) is 0 Å². The van der Waals surface area contributed by atoms with Crippen molar-refractivity contribution in [3.8, 4) is 0 Å². The number of nitrogens with one attached hydrogen (secondary N) is 1. The van der Waals surface area contributed by atoms with Gasteiger partial charge in [0.15, 0.2) is 0 Å². The number of H-pyrrole nitrogens is 1. The number of halogens is 1. The van der Waals surface area contributed by atoms with Crippen LogP contribution in [0.4, 0.5) is 0 Å². The van der Waals surface area contributed by atoms with Crippen LogP contribution in [-0.2, 0) is 6.42 Å². The molecule has 0 amide bonds. The van der Waals surface area contributed by atoms with Gasteiger partial charge in [0.25, 0.3) is 0 Å². The Bertz CT molecular complexity index is 431. The van der Waals surface area contributed by atoms with E-state index in [1.165, 1.54) is 29.3 Å². The molecule has 0 fully saturated rings. The van der Waals surface area contributed by atoms with Crippen molar-refractivity contribution in [3.05, 3.63) is 35.0 Å². The third-order valence-corrected chi connectivity index (χ3v) is 2.76. The summed E-state index contributed by atoms with van der Waals surface area (Å²) >= 11 is 5.97. The highest BCUT2D eigenvalue weighted by molar-refractivity contribution is 6.31. The fourth-order valence-electron chi connectivity index (χ4n) is 1.72. The molecule has 2 aromatic rings. The highest BCUT2D eigenvalue weighted by Crippen LogP contribution is 2.23. The Labute approximate surface area is 89.1 Å². The summed E-state index contributed by atoms with van der Waals surface area (Å²) in [4.78, 5) is 3.27. The zero-order chi connectivity index (χ0) is 9.97. The van der Waals surface area contributed by atoms with Gasteiger partial charge in [-0.2, -0.15) is 0 Å². The Kier molecular flexibility index (Phi) is 2.78. The lowest BCUT2D eigenvalue weighted by molar-refractivity contribution is 0.799. The molecule has 1 N–H and O–H groups in total. The predicted molar refractivity (Wildman–Crippen MR) is 61.9 cm³/mol. The van der Waals surface area contributed by atoms with Crippen LogP contribution in [0, 0.1) is 0 Å². The van der Waals surface area contributed by atoms with Crippen molar-refractivity contribution in [3.63, 3.8) is 0 Å². The number of unbranched alkanes of at least 4 members (excludes halogenated alkanes) is 1. The number of fused-ring (bicyclic) bond motifs is 1. The van der Waals surface area contributed by atoms with Crippen LogP contribution in [0.2, 0.25) is 5.02 Å². The number of benzene rings is 1. The maximum atomic E-state index is 5.97. The maximum Gasteiger partial charge on any atom is 0.0457 e. The van der Waals surface area contributed by atoms with Gasteiger partial charge in [-0.15, -0.1) is 0 Å². The van der Waals surface area contributed by atoms with Crippen LogP contribution in [0.5, 0.6) is 0 Å². The van der Waals surface area contributed by atoms with Gasteiger partial charge in [0.1, 0.15) is 0 Å². The van der Waals surface area contributed by atoms with E-state index in [-0.39, 0.29) is 0 Å². The van der Waals surface area contributed by atoms with Crippen molar-refractivity contribution in [2.45, 2.75) is 26.2 Å². The van der Waals surface area contributed by atoms with Crippen molar-refractivity contribution in [2.75, 3.05) is 0 Å². The third kappa shape index (κ3) is 1.78. The number of aromatic amines is 1. The van der Waals surface area contributed by atoms with Crippen molar-refractivity contribution in [1.82, 2.24) is 4.98 Å². The lowest BCUT2D eigenvalue weighted by atomic mass is 10.1. The molecule has 74 valence electrons. The molecule has 1 aromatic carbocycles. The van der Waals surface area contributed by atoms with Gasteiger partial charge in [0, 0.05) is 22.1 Å². The molecule has 0 aliphatic rings. The zero-order valence-corrected chi connectivity index (χ0v) is 9.06. The van der Waals surface area contributed by atoms with Gasteiger partial charge in [0.2, 0.25) is 0 Å². The molecule has 1 aromatic heterocycles. The second-order valence-electron chi connectivity index (χ2n) is 3.61. The molecule has 0 saturated heterocycles. The van der Waals surface area contributed by atoms with Gasteiger partial charge < -0.3 is 4.98 Å². The maximum absolute atomic E-state index is 5.97.